The lowest BCUT2D eigenvalue weighted by atomic mass is 10.4. The zero-order valence-electron chi connectivity index (χ0n) is 11.5. The molecule has 102 valence electrons. The monoisotopic (exact) mass is 286 g/mol. The quantitative estimate of drug-likeness (QED) is 0.788. The van der Waals surface area contributed by atoms with Gasteiger partial charge in [-0.3, -0.25) is 10.1 Å². The molecule has 0 unspecified atom stereocenters. The van der Waals surface area contributed by atoms with Crippen LogP contribution in [0.25, 0.3) is 5.65 Å². The van der Waals surface area contributed by atoms with E-state index in [4.69, 9.17) is 0 Å². The van der Waals surface area contributed by atoms with E-state index in [1.807, 2.05) is 43.4 Å². The molecule has 0 saturated heterocycles. The summed E-state index contributed by atoms with van der Waals surface area (Å²) in [5.74, 6) is -0.234. The Morgan fingerprint density at radius 1 is 1.25 bits per heavy atom. The van der Waals surface area contributed by atoms with Crippen LogP contribution < -0.4 is 5.32 Å². The molecule has 6 heteroatoms. The molecule has 20 heavy (non-hydrogen) atoms. The predicted molar refractivity (Wildman–Crippen MR) is 79.5 cm³/mol. The van der Waals surface area contributed by atoms with Crippen molar-refractivity contribution in [3.8, 4) is 0 Å². The van der Waals surface area contributed by atoms with Gasteiger partial charge in [0.1, 0.15) is 11.3 Å². The van der Waals surface area contributed by atoms with Crippen molar-refractivity contribution in [2.75, 3.05) is 5.32 Å². The molecule has 0 fully saturated rings. The normalized spacial score (nSPS) is 10.9. The summed E-state index contributed by atoms with van der Waals surface area (Å²) >= 11 is 1.47. The smallest absolute Gasteiger partial charge is 0.277 e. The van der Waals surface area contributed by atoms with Gasteiger partial charge in [-0.1, -0.05) is 6.07 Å². The van der Waals surface area contributed by atoms with E-state index in [1.54, 1.807) is 6.20 Å². The number of imidazole rings is 1. The molecular weight excluding hydrogens is 272 g/mol. The number of thiazole rings is 1. The maximum atomic E-state index is 12.2. The van der Waals surface area contributed by atoms with Crippen LogP contribution >= 0.6 is 11.3 Å². The van der Waals surface area contributed by atoms with Crippen molar-refractivity contribution in [2.24, 2.45) is 0 Å². The lowest BCUT2D eigenvalue weighted by Gasteiger charge is -1.97. The molecule has 0 aromatic carbocycles. The number of nitrogens with one attached hydrogen (secondary N) is 1. The average Bonchev–Trinajstić information content (AvgIpc) is 2.95. The van der Waals surface area contributed by atoms with E-state index in [2.05, 4.69) is 15.3 Å². The van der Waals surface area contributed by atoms with Crippen LogP contribution in [0.3, 0.4) is 0 Å². The fourth-order valence-corrected chi connectivity index (χ4v) is 2.75. The number of fused-ring (bicyclic) bond motifs is 1. The lowest BCUT2D eigenvalue weighted by Crippen LogP contribution is -2.12. The fraction of sp³-hybridized carbons (Fsp3) is 0.214. The van der Waals surface area contributed by atoms with Crippen LogP contribution in [0, 0.1) is 20.8 Å². The largest absolute Gasteiger partial charge is 0.304 e. The van der Waals surface area contributed by atoms with Crippen LogP contribution in [0.2, 0.25) is 0 Å². The number of anilines is 1. The van der Waals surface area contributed by atoms with Crippen LogP contribution in [-0.4, -0.2) is 20.3 Å². The molecule has 0 atom stereocenters. The average molecular weight is 286 g/mol. The minimum atomic E-state index is -0.234. The number of aromatic nitrogens is 3. The molecule has 1 amide bonds. The first kappa shape index (κ1) is 12.8. The van der Waals surface area contributed by atoms with Crippen LogP contribution in [0.15, 0.2) is 24.4 Å². The maximum absolute atomic E-state index is 12.2. The molecule has 3 heterocycles. The second kappa shape index (κ2) is 4.72. The van der Waals surface area contributed by atoms with Gasteiger partial charge in [-0.25, -0.2) is 9.97 Å². The summed E-state index contributed by atoms with van der Waals surface area (Å²) in [4.78, 5) is 21.9. The van der Waals surface area contributed by atoms with E-state index in [0.29, 0.717) is 10.8 Å². The third-order valence-corrected chi connectivity index (χ3v) is 4.17. The highest BCUT2D eigenvalue weighted by Gasteiger charge is 2.14. The van der Waals surface area contributed by atoms with Gasteiger partial charge in [0, 0.05) is 16.8 Å². The molecule has 1 N–H and O–H groups in total. The molecule has 0 spiro atoms. The standard InChI is InChI=1S/C14H14N4OS/c1-8-5-4-6-12-16-11(7-18(8)12)13(19)17-14-15-9(2)10(3)20-14/h4-7H,1-3H3,(H,15,17,19). The van der Waals surface area contributed by atoms with Crippen molar-refractivity contribution in [2.45, 2.75) is 20.8 Å². The molecular formula is C14H14N4OS. The van der Waals surface area contributed by atoms with Crippen LogP contribution in [0.1, 0.15) is 26.8 Å². The van der Waals surface area contributed by atoms with E-state index >= 15 is 0 Å². The number of hydrogen-bond donors (Lipinski definition) is 1. The molecule has 0 aliphatic carbocycles. The summed E-state index contributed by atoms with van der Waals surface area (Å²) in [7, 11) is 0. The molecule has 3 aromatic heterocycles. The maximum Gasteiger partial charge on any atom is 0.277 e. The molecule has 0 aliphatic heterocycles. The van der Waals surface area contributed by atoms with Gasteiger partial charge in [0.05, 0.1) is 5.69 Å². The highest BCUT2D eigenvalue weighted by atomic mass is 32.1. The number of aryl methyl sites for hydroxylation is 3. The number of amides is 1. The summed E-state index contributed by atoms with van der Waals surface area (Å²) in [6.45, 7) is 5.89. The Morgan fingerprint density at radius 2 is 2.05 bits per heavy atom. The van der Waals surface area contributed by atoms with Gasteiger partial charge in [-0.15, -0.1) is 11.3 Å². The summed E-state index contributed by atoms with van der Waals surface area (Å²) in [5.41, 5.74) is 3.14. The second-order valence-corrected chi connectivity index (χ2v) is 5.84. The number of carbonyl (C=O) groups is 1. The summed E-state index contributed by atoms with van der Waals surface area (Å²) in [6.07, 6.45) is 1.74. The first-order valence-electron chi connectivity index (χ1n) is 6.24. The number of pyridine rings is 1. The Morgan fingerprint density at radius 3 is 2.70 bits per heavy atom. The van der Waals surface area contributed by atoms with Gasteiger partial charge < -0.3 is 4.40 Å². The van der Waals surface area contributed by atoms with Crippen LogP contribution in [0.5, 0.6) is 0 Å². The van der Waals surface area contributed by atoms with E-state index in [0.717, 1.165) is 21.9 Å². The zero-order valence-corrected chi connectivity index (χ0v) is 12.3. The topological polar surface area (TPSA) is 59.3 Å². The second-order valence-electron chi connectivity index (χ2n) is 4.64. The minimum absolute atomic E-state index is 0.234. The fourth-order valence-electron chi connectivity index (χ4n) is 1.95. The molecule has 5 nitrogen and oxygen atoms in total. The molecule has 3 aromatic rings. The molecule has 3 rings (SSSR count). The van der Waals surface area contributed by atoms with Gasteiger partial charge >= 0.3 is 0 Å². The van der Waals surface area contributed by atoms with Crippen molar-refractivity contribution in [3.05, 3.63) is 46.4 Å². The van der Waals surface area contributed by atoms with E-state index in [-0.39, 0.29) is 5.91 Å². The Kier molecular flexibility index (Phi) is 3.02. The van der Waals surface area contributed by atoms with Crippen LogP contribution in [-0.2, 0) is 0 Å². The van der Waals surface area contributed by atoms with Gasteiger partial charge in [0.2, 0.25) is 0 Å². The van der Waals surface area contributed by atoms with Crippen molar-refractivity contribution < 1.29 is 4.79 Å². The summed E-state index contributed by atoms with van der Waals surface area (Å²) < 4.78 is 1.90. The predicted octanol–water partition coefficient (Wildman–Crippen LogP) is 2.97. The van der Waals surface area contributed by atoms with Crippen molar-refractivity contribution >= 4 is 28.0 Å². The summed E-state index contributed by atoms with van der Waals surface area (Å²) in [6, 6.07) is 5.78. The SMILES string of the molecule is Cc1nc(NC(=O)c2cn3c(C)cccc3n2)sc1C. The van der Waals surface area contributed by atoms with Gasteiger partial charge in [-0.2, -0.15) is 0 Å². The Bertz CT molecular complexity index is 783. The molecule has 0 saturated carbocycles. The van der Waals surface area contributed by atoms with Gasteiger partial charge in [0.25, 0.3) is 5.91 Å². The number of hydrogen-bond acceptors (Lipinski definition) is 4. The van der Waals surface area contributed by atoms with E-state index in [1.165, 1.54) is 11.3 Å². The molecule has 0 aliphatic rings. The van der Waals surface area contributed by atoms with Gasteiger partial charge in [0.15, 0.2) is 5.13 Å². The van der Waals surface area contributed by atoms with Crippen molar-refractivity contribution in [1.82, 2.24) is 14.4 Å². The Hall–Kier alpha value is -2.21. The third kappa shape index (κ3) is 2.18. The van der Waals surface area contributed by atoms with Crippen molar-refractivity contribution in [3.63, 3.8) is 0 Å². The first-order chi connectivity index (χ1) is 9.54. The Labute approximate surface area is 120 Å². The highest BCUT2D eigenvalue weighted by molar-refractivity contribution is 7.15. The number of rotatable bonds is 2. The minimum Gasteiger partial charge on any atom is -0.304 e. The van der Waals surface area contributed by atoms with E-state index in [9.17, 15) is 4.79 Å². The third-order valence-electron chi connectivity index (χ3n) is 3.18. The Balaban J connectivity index is 1.90. The molecule has 0 bridgehead atoms. The van der Waals surface area contributed by atoms with Gasteiger partial charge in [-0.05, 0) is 32.9 Å². The van der Waals surface area contributed by atoms with E-state index < -0.39 is 0 Å². The van der Waals surface area contributed by atoms with Crippen molar-refractivity contribution in [1.29, 1.82) is 0 Å². The number of nitrogens with zero attached hydrogens (tertiary/aromatic N) is 3. The lowest BCUT2D eigenvalue weighted by molar-refractivity contribution is 0.102. The molecule has 0 radical (unpaired) electrons. The highest BCUT2D eigenvalue weighted by Crippen LogP contribution is 2.21. The first-order valence-corrected chi connectivity index (χ1v) is 7.06. The zero-order chi connectivity index (χ0) is 14.3. The summed E-state index contributed by atoms with van der Waals surface area (Å²) in [5, 5.41) is 3.40. The van der Waals surface area contributed by atoms with Crippen LogP contribution in [0.4, 0.5) is 5.13 Å². The number of carbonyl (C=O) groups excluding carboxylic acids is 1.